The summed E-state index contributed by atoms with van der Waals surface area (Å²) >= 11 is 0. The molecule has 2 atom stereocenters. The van der Waals surface area contributed by atoms with Crippen molar-refractivity contribution in [3.8, 4) is 11.5 Å². The van der Waals surface area contributed by atoms with Gasteiger partial charge in [0.25, 0.3) is 5.91 Å². The van der Waals surface area contributed by atoms with Crippen molar-refractivity contribution in [2.24, 2.45) is 7.05 Å². The normalized spacial score (nSPS) is 18.1. The Bertz CT molecular complexity index is 1760. The van der Waals surface area contributed by atoms with E-state index in [1.165, 1.54) is 0 Å². The second-order valence-corrected chi connectivity index (χ2v) is 10.7. The van der Waals surface area contributed by atoms with Crippen molar-refractivity contribution in [1.82, 2.24) is 29.5 Å². The number of hydrogen-bond acceptors (Lipinski definition) is 6. The van der Waals surface area contributed by atoms with Crippen LogP contribution in [0, 0.1) is 0 Å². The smallest absolute Gasteiger partial charge is 0.379 e. The number of likely N-dealkylation sites (tertiary alicyclic amines) is 1. The number of hydrogen-bond donors (Lipinski definition) is 2. The molecule has 0 saturated carbocycles. The van der Waals surface area contributed by atoms with E-state index in [9.17, 15) is 22.4 Å². The highest BCUT2D eigenvalue weighted by Crippen LogP contribution is 2.35. The average molecular weight is 584 g/mol. The maximum Gasteiger partial charge on any atom is 0.406 e. The molecule has 1 fully saturated rings. The van der Waals surface area contributed by atoms with E-state index in [-0.39, 0.29) is 36.4 Å². The summed E-state index contributed by atoms with van der Waals surface area (Å²) in [5, 5.41) is 11.3. The molecule has 0 radical (unpaired) electrons. The number of nitrogens with zero attached hydrogens (tertiary/aromatic N) is 5. The molecule has 1 amide bonds. The van der Waals surface area contributed by atoms with E-state index in [0.29, 0.717) is 35.1 Å². The summed E-state index contributed by atoms with van der Waals surface area (Å²) in [6, 6.07) is 13.3. The number of nitrogens with one attached hydrogen (secondary N) is 2. The summed E-state index contributed by atoms with van der Waals surface area (Å²) in [5.41, 5.74) is 2.25. The first kappa shape index (κ1) is 27.8. The lowest BCUT2D eigenvalue weighted by Crippen LogP contribution is -2.46. The Morgan fingerprint density at radius 2 is 1.95 bits per heavy atom. The van der Waals surface area contributed by atoms with Crippen molar-refractivity contribution in [3.05, 3.63) is 66.2 Å². The third-order valence-corrected chi connectivity index (χ3v) is 7.62. The first-order chi connectivity index (χ1) is 20.1. The van der Waals surface area contributed by atoms with E-state index in [0.717, 1.165) is 15.5 Å². The molecule has 2 aromatic carbocycles. The molecule has 1 aliphatic heterocycles. The summed E-state index contributed by atoms with van der Waals surface area (Å²) < 4.78 is 64.1. The molecule has 5 aromatic rings. The molecule has 0 aliphatic carbocycles. The molecule has 220 valence electrons. The SMILES string of the molecule is CN1CC[C@@H](Nc2cccc3c2cc(-c2noc(CNC(=O)c4ccc5ccn(C)c5c4)n2)n3CC(F)(F)F)[C@@H](F)C1. The maximum atomic E-state index is 14.7. The van der Waals surface area contributed by atoms with Crippen molar-refractivity contribution < 1.29 is 26.9 Å². The average Bonchev–Trinajstić information content (AvgIpc) is 3.66. The lowest BCUT2D eigenvalue weighted by Gasteiger charge is -2.33. The molecular formula is C29H29F4N7O2. The Labute approximate surface area is 238 Å². The second kappa shape index (κ2) is 10.8. The van der Waals surface area contributed by atoms with Gasteiger partial charge in [0.05, 0.1) is 23.8 Å². The highest BCUT2D eigenvalue weighted by molar-refractivity contribution is 5.98. The fourth-order valence-electron chi connectivity index (χ4n) is 5.46. The van der Waals surface area contributed by atoms with Crippen LogP contribution >= 0.6 is 0 Å². The minimum Gasteiger partial charge on any atom is -0.379 e. The molecule has 0 unspecified atom stereocenters. The molecular weight excluding hydrogens is 554 g/mol. The van der Waals surface area contributed by atoms with E-state index in [1.54, 1.807) is 36.4 Å². The number of piperidine rings is 1. The predicted molar refractivity (Wildman–Crippen MR) is 150 cm³/mol. The van der Waals surface area contributed by atoms with Crippen molar-refractivity contribution >= 4 is 33.4 Å². The van der Waals surface area contributed by atoms with Crippen LogP contribution in [0.2, 0.25) is 0 Å². The molecule has 2 N–H and O–H groups in total. The number of alkyl halides is 4. The van der Waals surface area contributed by atoms with Crippen LogP contribution in [0.25, 0.3) is 33.3 Å². The fraction of sp³-hybridized carbons (Fsp3) is 0.345. The van der Waals surface area contributed by atoms with Gasteiger partial charge in [0.2, 0.25) is 11.7 Å². The first-order valence-corrected chi connectivity index (χ1v) is 13.5. The Morgan fingerprint density at radius 1 is 1.12 bits per heavy atom. The summed E-state index contributed by atoms with van der Waals surface area (Å²) in [4.78, 5) is 19.0. The zero-order chi connectivity index (χ0) is 29.6. The standard InChI is InChI=1S/C29H29F4N7O2/c1-38-10-9-22(20(30)15-38)35-21-4-3-5-23-19(21)13-25(40(23)16-29(31,32)33)27-36-26(42-37-27)14-34-28(41)18-7-6-17-8-11-39(2)24(17)12-18/h3-8,11-13,20,22,35H,9-10,14-16H2,1-2H3,(H,34,41)/t20-,22+/m0/s1. The molecule has 42 heavy (non-hydrogen) atoms. The number of aryl methyl sites for hydroxylation is 1. The largest absolute Gasteiger partial charge is 0.406 e. The van der Waals surface area contributed by atoms with Crippen LogP contribution in [0.3, 0.4) is 0 Å². The highest BCUT2D eigenvalue weighted by atomic mass is 19.4. The monoisotopic (exact) mass is 583 g/mol. The topological polar surface area (TPSA) is 93.2 Å². The lowest BCUT2D eigenvalue weighted by atomic mass is 10.0. The minimum atomic E-state index is -4.53. The van der Waals surface area contributed by atoms with Gasteiger partial charge in [-0.05, 0) is 55.3 Å². The number of fused-ring (bicyclic) bond motifs is 2. The first-order valence-electron chi connectivity index (χ1n) is 13.5. The van der Waals surface area contributed by atoms with E-state index in [1.807, 2.05) is 41.9 Å². The number of amides is 1. The van der Waals surface area contributed by atoms with Crippen LogP contribution in [0.1, 0.15) is 22.7 Å². The van der Waals surface area contributed by atoms with Gasteiger partial charge in [0, 0.05) is 48.5 Å². The number of carbonyl (C=O) groups excluding carboxylic acids is 1. The molecule has 3 aromatic heterocycles. The van der Waals surface area contributed by atoms with Crippen LogP contribution in [0.4, 0.5) is 23.2 Å². The van der Waals surface area contributed by atoms with Gasteiger partial charge < -0.3 is 29.2 Å². The van der Waals surface area contributed by atoms with Crippen LogP contribution in [0.15, 0.2) is 59.3 Å². The zero-order valence-electron chi connectivity index (χ0n) is 23.0. The Morgan fingerprint density at radius 3 is 2.74 bits per heavy atom. The Kier molecular flexibility index (Phi) is 7.13. The number of rotatable bonds is 7. The maximum absolute atomic E-state index is 14.7. The van der Waals surface area contributed by atoms with Gasteiger partial charge in [-0.3, -0.25) is 4.79 Å². The van der Waals surface area contributed by atoms with Gasteiger partial charge in [-0.25, -0.2) is 4.39 Å². The van der Waals surface area contributed by atoms with Crippen LogP contribution in [-0.4, -0.2) is 68.6 Å². The van der Waals surface area contributed by atoms with Crippen LogP contribution in [-0.2, 0) is 20.1 Å². The van der Waals surface area contributed by atoms with Crippen LogP contribution in [0.5, 0.6) is 0 Å². The third kappa shape index (κ3) is 5.56. The molecule has 0 bridgehead atoms. The Hall–Kier alpha value is -4.39. The van der Waals surface area contributed by atoms with Gasteiger partial charge in [-0.1, -0.05) is 17.3 Å². The van der Waals surface area contributed by atoms with E-state index in [2.05, 4.69) is 20.8 Å². The van der Waals surface area contributed by atoms with Crippen LogP contribution < -0.4 is 10.6 Å². The van der Waals surface area contributed by atoms with Gasteiger partial charge in [0.1, 0.15) is 12.7 Å². The predicted octanol–water partition coefficient (Wildman–Crippen LogP) is 5.13. The number of halogens is 4. The van der Waals surface area contributed by atoms with Gasteiger partial charge in [-0.15, -0.1) is 0 Å². The minimum absolute atomic E-state index is 0.0343. The molecule has 9 nitrogen and oxygen atoms in total. The third-order valence-electron chi connectivity index (χ3n) is 7.62. The fourth-order valence-corrected chi connectivity index (χ4v) is 5.46. The summed E-state index contributed by atoms with van der Waals surface area (Å²) in [6.45, 7) is -0.414. The molecule has 6 rings (SSSR count). The number of carbonyl (C=O) groups is 1. The number of anilines is 1. The summed E-state index contributed by atoms with van der Waals surface area (Å²) in [5.74, 6) is -0.384. The van der Waals surface area contributed by atoms with Gasteiger partial charge >= 0.3 is 6.18 Å². The summed E-state index contributed by atoms with van der Waals surface area (Å²) in [6.07, 6.45) is -3.19. The van der Waals surface area contributed by atoms with Gasteiger partial charge in [0.15, 0.2) is 0 Å². The molecule has 0 spiro atoms. The van der Waals surface area contributed by atoms with E-state index in [4.69, 9.17) is 4.52 Å². The summed E-state index contributed by atoms with van der Waals surface area (Å²) in [7, 11) is 3.73. The quantitative estimate of drug-likeness (QED) is 0.258. The number of benzene rings is 2. The molecule has 1 saturated heterocycles. The van der Waals surface area contributed by atoms with Crippen molar-refractivity contribution in [3.63, 3.8) is 0 Å². The Balaban J connectivity index is 1.26. The van der Waals surface area contributed by atoms with Crippen molar-refractivity contribution in [1.29, 1.82) is 0 Å². The molecule has 13 heteroatoms. The van der Waals surface area contributed by atoms with E-state index >= 15 is 0 Å². The molecule has 4 heterocycles. The van der Waals surface area contributed by atoms with Crippen molar-refractivity contribution in [2.45, 2.75) is 37.9 Å². The lowest BCUT2D eigenvalue weighted by molar-refractivity contribution is -0.139. The second-order valence-electron chi connectivity index (χ2n) is 10.7. The molecule has 1 aliphatic rings. The zero-order valence-corrected chi connectivity index (χ0v) is 23.0. The van der Waals surface area contributed by atoms with Gasteiger partial charge in [-0.2, -0.15) is 18.2 Å². The van der Waals surface area contributed by atoms with Crippen molar-refractivity contribution in [2.75, 3.05) is 25.5 Å². The van der Waals surface area contributed by atoms with E-state index < -0.39 is 24.9 Å². The number of aromatic nitrogens is 4. The highest BCUT2D eigenvalue weighted by Gasteiger charge is 2.32.